The molecule has 0 saturated heterocycles. The lowest BCUT2D eigenvalue weighted by Gasteiger charge is -2.41. The fourth-order valence-corrected chi connectivity index (χ4v) is 5.59. The summed E-state index contributed by atoms with van der Waals surface area (Å²) in [6.07, 6.45) is 0.391. The molecule has 0 spiro atoms. The number of hydrogen-bond acceptors (Lipinski definition) is 7. The molecule has 1 fully saturated rings. The third-order valence-electron chi connectivity index (χ3n) is 7.25. The Morgan fingerprint density at radius 1 is 0.946 bits per heavy atom. The zero-order valence-electron chi connectivity index (χ0n) is 21.9. The minimum atomic E-state index is -1.02. The van der Waals surface area contributed by atoms with Gasteiger partial charge >= 0.3 is 11.9 Å². The molecule has 0 radical (unpaired) electrons. The number of ether oxygens (including phenoxy) is 3. The normalized spacial score (nSPS) is 23.2. The first kappa shape index (κ1) is 26.3. The van der Waals surface area contributed by atoms with Crippen LogP contribution in [0.25, 0.3) is 0 Å². The molecule has 2 aliphatic rings. The van der Waals surface area contributed by atoms with Gasteiger partial charge in [-0.3, -0.25) is 14.6 Å². The molecule has 7 heteroatoms. The number of esters is 2. The first-order valence-electron chi connectivity index (χ1n) is 12.7. The Hall–Kier alpha value is -3.74. The van der Waals surface area contributed by atoms with Crippen molar-refractivity contribution in [2.45, 2.75) is 46.0 Å². The molecule has 1 heterocycles. The van der Waals surface area contributed by atoms with E-state index in [1.807, 2.05) is 55.5 Å². The lowest BCUT2D eigenvalue weighted by molar-refractivity contribution is -0.153. The third kappa shape index (κ3) is 4.95. The minimum absolute atomic E-state index is 0.165. The lowest BCUT2D eigenvalue weighted by atomic mass is 9.62. The number of aliphatic imine (C=N–C) groups is 1. The number of carbonyl (C=O) groups is 3. The van der Waals surface area contributed by atoms with Gasteiger partial charge in [-0.1, -0.05) is 36.4 Å². The fraction of sp³-hybridized carbons (Fsp3) is 0.400. The van der Waals surface area contributed by atoms with Crippen molar-refractivity contribution in [3.05, 3.63) is 76.5 Å². The SMILES string of the molecule is CCOC(=O)C1=C(C)N=C2C[C@@H](c3ccc(OC)cc3)[C@H](C(=O)OCC)C(=O)C2[C@@H]1c1ccccc1C. The van der Waals surface area contributed by atoms with Crippen LogP contribution in [0.4, 0.5) is 0 Å². The maximum absolute atomic E-state index is 14.3. The second-order valence-corrected chi connectivity index (χ2v) is 9.35. The molecule has 7 nitrogen and oxygen atoms in total. The maximum atomic E-state index is 14.3. The van der Waals surface area contributed by atoms with Crippen molar-refractivity contribution in [3.63, 3.8) is 0 Å². The quantitative estimate of drug-likeness (QED) is 0.393. The molecule has 0 amide bonds. The van der Waals surface area contributed by atoms with Crippen molar-refractivity contribution in [3.8, 4) is 5.75 Å². The van der Waals surface area contributed by atoms with Crippen LogP contribution in [0.15, 0.2) is 64.8 Å². The van der Waals surface area contributed by atoms with Gasteiger partial charge in [0.15, 0.2) is 5.78 Å². The molecule has 1 aliphatic carbocycles. The largest absolute Gasteiger partial charge is 0.497 e. The van der Waals surface area contributed by atoms with Crippen LogP contribution in [0, 0.1) is 18.8 Å². The van der Waals surface area contributed by atoms with Gasteiger partial charge in [0, 0.05) is 23.2 Å². The van der Waals surface area contributed by atoms with Crippen LogP contribution in [0.3, 0.4) is 0 Å². The molecule has 2 aromatic carbocycles. The maximum Gasteiger partial charge on any atom is 0.336 e. The predicted octanol–water partition coefficient (Wildman–Crippen LogP) is 4.93. The molecular formula is C30H33NO6. The van der Waals surface area contributed by atoms with Crippen molar-refractivity contribution in [1.82, 2.24) is 0 Å². The zero-order valence-corrected chi connectivity index (χ0v) is 21.9. The number of rotatable bonds is 7. The van der Waals surface area contributed by atoms with Crippen molar-refractivity contribution in [2.24, 2.45) is 16.8 Å². The third-order valence-corrected chi connectivity index (χ3v) is 7.25. The first-order valence-corrected chi connectivity index (χ1v) is 12.7. The van der Waals surface area contributed by atoms with Crippen LogP contribution in [-0.2, 0) is 23.9 Å². The highest BCUT2D eigenvalue weighted by Crippen LogP contribution is 2.49. The van der Waals surface area contributed by atoms with Gasteiger partial charge in [-0.25, -0.2) is 4.79 Å². The van der Waals surface area contributed by atoms with E-state index in [-0.39, 0.29) is 19.0 Å². The van der Waals surface area contributed by atoms with E-state index in [4.69, 9.17) is 19.2 Å². The molecule has 4 atom stereocenters. The van der Waals surface area contributed by atoms with Crippen LogP contribution < -0.4 is 4.74 Å². The average molecular weight is 504 g/mol. The van der Waals surface area contributed by atoms with Crippen molar-refractivity contribution < 1.29 is 28.6 Å². The van der Waals surface area contributed by atoms with Crippen molar-refractivity contribution >= 4 is 23.4 Å². The Bertz CT molecular complexity index is 1260. The zero-order chi connectivity index (χ0) is 26.7. The molecular weight excluding hydrogens is 470 g/mol. The highest BCUT2D eigenvalue weighted by molar-refractivity contribution is 6.17. The topological polar surface area (TPSA) is 91.3 Å². The Morgan fingerprint density at radius 2 is 1.62 bits per heavy atom. The second kappa shape index (κ2) is 11.1. The molecule has 37 heavy (non-hydrogen) atoms. The first-order chi connectivity index (χ1) is 17.8. The van der Waals surface area contributed by atoms with Crippen LogP contribution in [0.1, 0.15) is 55.7 Å². The van der Waals surface area contributed by atoms with Crippen LogP contribution in [0.5, 0.6) is 5.75 Å². The van der Waals surface area contributed by atoms with E-state index in [0.717, 1.165) is 16.7 Å². The Kier molecular flexibility index (Phi) is 7.91. The smallest absolute Gasteiger partial charge is 0.336 e. The number of methoxy groups -OCH3 is 1. The lowest BCUT2D eigenvalue weighted by Crippen LogP contribution is -2.48. The average Bonchev–Trinajstić information content (AvgIpc) is 2.88. The summed E-state index contributed by atoms with van der Waals surface area (Å²) in [6.45, 7) is 7.58. The van der Waals surface area contributed by atoms with E-state index >= 15 is 0 Å². The standard InChI is InChI=1S/C30H33NO6/c1-6-36-29(33)24-18(4)31-23-16-22(19-12-14-20(35-5)15-13-19)26(30(34)37-7-2)28(32)27(23)25(24)21-11-9-8-10-17(21)3/h8-15,22,25-27H,6-7,16H2,1-5H3/t22-,25+,26-,27?/m0/s1. The number of hydrogen-bond donors (Lipinski definition) is 0. The summed E-state index contributed by atoms with van der Waals surface area (Å²) in [6, 6.07) is 15.1. The van der Waals surface area contributed by atoms with E-state index in [9.17, 15) is 14.4 Å². The van der Waals surface area contributed by atoms with E-state index in [1.165, 1.54) is 0 Å². The number of allylic oxidation sites excluding steroid dienone is 1. The van der Waals surface area contributed by atoms with Gasteiger partial charge in [0.1, 0.15) is 11.7 Å². The van der Waals surface area contributed by atoms with Gasteiger partial charge in [0.25, 0.3) is 0 Å². The summed E-state index contributed by atoms with van der Waals surface area (Å²) in [5.74, 6) is -3.49. The van der Waals surface area contributed by atoms with Gasteiger partial charge in [0.05, 0.1) is 31.8 Å². The van der Waals surface area contributed by atoms with Crippen LogP contribution >= 0.6 is 0 Å². The Labute approximate surface area is 217 Å². The molecule has 0 N–H and O–H groups in total. The second-order valence-electron chi connectivity index (χ2n) is 9.35. The summed E-state index contributed by atoms with van der Waals surface area (Å²) in [5.41, 5.74) is 4.20. The van der Waals surface area contributed by atoms with Crippen LogP contribution in [0.2, 0.25) is 0 Å². The number of carbonyl (C=O) groups excluding carboxylic acids is 3. The molecule has 1 aliphatic heterocycles. The van der Waals surface area contributed by atoms with Gasteiger partial charge in [-0.15, -0.1) is 0 Å². The Morgan fingerprint density at radius 3 is 2.24 bits per heavy atom. The highest BCUT2D eigenvalue weighted by Gasteiger charge is 2.53. The minimum Gasteiger partial charge on any atom is -0.497 e. The van der Waals surface area contributed by atoms with Crippen LogP contribution in [-0.4, -0.2) is 43.8 Å². The van der Waals surface area contributed by atoms with E-state index in [1.54, 1.807) is 27.9 Å². The molecule has 0 bridgehead atoms. The van der Waals surface area contributed by atoms with Gasteiger partial charge in [-0.05, 0) is 62.9 Å². The van der Waals surface area contributed by atoms with Gasteiger partial charge < -0.3 is 14.2 Å². The molecule has 4 rings (SSSR count). The monoisotopic (exact) mass is 503 g/mol. The molecule has 194 valence electrons. The number of benzene rings is 2. The summed E-state index contributed by atoms with van der Waals surface area (Å²) >= 11 is 0. The van der Waals surface area contributed by atoms with E-state index < -0.39 is 35.6 Å². The Balaban J connectivity index is 1.89. The molecule has 1 saturated carbocycles. The summed E-state index contributed by atoms with van der Waals surface area (Å²) in [5, 5.41) is 0. The number of ketones is 1. The van der Waals surface area contributed by atoms with Gasteiger partial charge in [0.2, 0.25) is 0 Å². The van der Waals surface area contributed by atoms with E-state index in [2.05, 4.69) is 0 Å². The van der Waals surface area contributed by atoms with E-state index in [0.29, 0.717) is 29.2 Å². The summed E-state index contributed by atoms with van der Waals surface area (Å²) in [4.78, 5) is 45.6. The summed E-state index contributed by atoms with van der Waals surface area (Å²) < 4.78 is 16.1. The predicted molar refractivity (Wildman–Crippen MR) is 140 cm³/mol. The number of fused-ring (bicyclic) bond motifs is 1. The molecule has 0 aromatic heterocycles. The number of Topliss-reactive ketones (excluding diaryl/α,β-unsaturated/α-hetero) is 1. The fourth-order valence-electron chi connectivity index (χ4n) is 5.59. The van der Waals surface area contributed by atoms with Crippen molar-refractivity contribution in [2.75, 3.05) is 20.3 Å². The van der Waals surface area contributed by atoms with Crippen molar-refractivity contribution in [1.29, 1.82) is 0 Å². The summed E-state index contributed by atoms with van der Waals surface area (Å²) in [7, 11) is 1.59. The van der Waals surface area contributed by atoms with Gasteiger partial charge in [-0.2, -0.15) is 0 Å². The molecule has 1 unspecified atom stereocenters. The number of nitrogens with zero attached hydrogens (tertiary/aromatic N) is 1. The highest BCUT2D eigenvalue weighted by atomic mass is 16.5. The molecule has 2 aromatic rings. The number of aryl methyl sites for hydroxylation is 1.